The van der Waals surface area contributed by atoms with E-state index in [0.29, 0.717) is 27.6 Å². The predicted molar refractivity (Wildman–Crippen MR) is 104 cm³/mol. The van der Waals surface area contributed by atoms with Crippen LogP contribution in [0.1, 0.15) is 20.7 Å². The number of aliphatic hydroxyl groups is 1. The fourth-order valence-corrected chi connectivity index (χ4v) is 4.58. The largest absolute Gasteiger partial charge is 0.395 e. The maximum Gasteiger partial charge on any atom is 0.266 e. The van der Waals surface area contributed by atoms with Gasteiger partial charge in [-0.25, -0.2) is 18.0 Å². The lowest BCUT2D eigenvalue weighted by atomic mass is 10.1. The second-order valence-corrected chi connectivity index (χ2v) is 7.98. The maximum absolute atomic E-state index is 12.8. The van der Waals surface area contributed by atoms with E-state index in [0.717, 1.165) is 4.90 Å². The van der Waals surface area contributed by atoms with Gasteiger partial charge in [-0.2, -0.15) is 0 Å². The highest BCUT2D eigenvalue weighted by molar-refractivity contribution is 7.89. The van der Waals surface area contributed by atoms with Gasteiger partial charge in [0.2, 0.25) is 10.0 Å². The van der Waals surface area contributed by atoms with E-state index in [2.05, 4.69) is 4.72 Å². The first-order valence-corrected chi connectivity index (χ1v) is 10.0. The molecular formula is C20H16N2O5S. The average molecular weight is 396 g/mol. The molecule has 0 bridgehead atoms. The number of carbonyl (C=O) groups is 2. The number of hydrogen-bond donors (Lipinski definition) is 2. The van der Waals surface area contributed by atoms with Gasteiger partial charge in [0.05, 0.1) is 28.3 Å². The highest BCUT2D eigenvalue weighted by Crippen LogP contribution is 2.36. The van der Waals surface area contributed by atoms with Gasteiger partial charge in [-0.1, -0.05) is 36.4 Å². The van der Waals surface area contributed by atoms with Crippen LogP contribution in [-0.4, -0.2) is 38.5 Å². The molecule has 2 amide bonds. The van der Waals surface area contributed by atoms with E-state index in [1.54, 1.807) is 48.5 Å². The molecule has 3 aromatic carbocycles. The number of nitrogens with zero attached hydrogens (tertiary/aromatic N) is 1. The van der Waals surface area contributed by atoms with E-state index in [-0.39, 0.29) is 18.0 Å². The van der Waals surface area contributed by atoms with Gasteiger partial charge in [0.25, 0.3) is 11.8 Å². The molecule has 8 heteroatoms. The minimum atomic E-state index is -3.87. The molecule has 28 heavy (non-hydrogen) atoms. The summed E-state index contributed by atoms with van der Waals surface area (Å²) in [6, 6.07) is 16.1. The summed E-state index contributed by atoms with van der Waals surface area (Å²) in [6.07, 6.45) is 0. The molecule has 142 valence electrons. The number of rotatable bonds is 5. The molecule has 0 spiro atoms. The Kier molecular flexibility index (Phi) is 4.46. The second-order valence-electron chi connectivity index (χ2n) is 6.24. The number of benzene rings is 3. The van der Waals surface area contributed by atoms with Crippen LogP contribution in [0.3, 0.4) is 0 Å². The molecule has 1 heterocycles. The monoisotopic (exact) mass is 396 g/mol. The molecule has 0 fully saturated rings. The Morgan fingerprint density at radius 3 is 2.00 bits per heavy atom. The van der Waals surface area contributed by atoms with Crippen LogP contribution in [0.15, 0.2) is 65.6 Å². The van der Waals surface area contributed by atoms with Crippen LogP contribution in [0.5, 0.6) is 0 Å². The molecule has 0 saturated heterocycles. The predicted octanol–water partition coefficient (Wildman–Crippen LogP) is 1.91. The molecule has 4 rings (SSSR count). The molecule has 0 aromatic heterocycles. The third kappa shape index (κ3) is 2.78. The van der Waals surface area contributed by atoms with Crippen LogP contribution in [0.4, 0.5) is 5.69 Å². The molecular weight excluding hydrogens is 380 g/mol. The van der Waals surface area contributed by atoms with Crippen molar-refractivity contribution in [3.8, 4) is 0 Å². The highest BCUT2D eigenvalue weighted by atomic mass is 32.2. The topological polar surface area (TPSA) is 104 Å². The lowest BCUT2D eigenvalue weighted by Crippen LogP contribution is -2.30. The van der Waals surface area contributed by atoms with Gasteiger partial charge < -0.3 is 5.11 Å². The molecule has 1 aliphatic heterocycles. The van der Waals surface area contributed by atoms with Gasteiger partial charge >= 0.3 is 0 Å². The van der Waals surface area contributed by atoms with Gasteiger partial charge in [-0.05, 0) is 24.3 Å². The van der Waals surface area contributed by atoms with Crippen molar-refractivity contribution in [3.63, 3.8) is 0 Å². The van der Waals surface area contributed by atoms with E-state index in [9.17, 15) is 18.0 Å². The Morgan fingerprint density at radius 2 is 1.39 bits per heavy atom. The number of aliphatic hydroxyl groups excluding tert-OH is 1. The summed E-state index contributed by atoms with van der Waals surface area (Å²) in [5.41, 5.74) is 0.957. The third-order valence-electron chi connectivity index (χ3n) is 4.59. The highest BCUT2D eigenvalue weighted by Gasteiger charge is 2.37. The Morgan fingerprint density at radius 1 is 0.821 bits per heavy atom. The molecule has 0 radical (unpaired) electrons. The van der Waals surface area contributed by atoms with Gasteiger partial charge in [0, 0.05) is 17.3 Å². The van der Waals surface area contributed by atoms with Crippen molar-refractivity contribution in [1.82, 2.24) is 4.72 Å². The van der Waals surface area contributed by atoms with Gasteiger partial charge in [-0.15, -0.1) is 0 Å². The zero-order valence-corrected chi connectivity index (χ0v) is 15.4. The molecule has 0 unspecified atom stereocenters. The second kappa shape index (κ2) is 6.83. The number of carbonyl (C=O) groups excluding carboxylic acids is 2. The van der Waals surface area contributed by atoms with E-state index >= 15 is 0 Å². The van der Waals surface area contributed by atoms with E-state index in [1.165, 1.54) is 12.1 Å². The molecule has 2 N–H and O–H groups in total. The summed E-state index contributed by atoms with van der Waals surface area (Å²) in [6.45, 7) is -0.443. The fraction of sp³-hybridized carbons (Fsp3) is 0.100. The van der Waals surface area contributed by atoms with Gasteiger partial charge in [0.1, 0.15) is 0 Å². The van der Waals surface area contributed by atoms with Crippen molar-refractivity contribution in [2.45, 2.75) is 4.90 Å². The Hall–Kier alpha value is -3.07. The Balaban J connectivity index is 1.89. The van der Waals surface area contributed by atoms with E-state index in [1.807, 2.05) is 0 Å². The Labute approximate surface area is 161 Å². The summed E-state index contributed by atoms with van der Waals surface area (Å²) in [5.74, 6) is -0.889. The summed E-state index contributed by atoms with van der Waals surface area (Å²) in [7, 11) is -3.87. The zero-order valence-electron chi connectivity index (χ0n) is 14.6. The van der Waals surface area contributed by atoms with Crippen LogP contribution in [-0.2, 0) is 10.0 Å². The summed E-state index contributed by atoms with van der Waals surface area (Å²) >= 11 is 0. The number of amides is 2. The third-order valence-corrected chi connectivity index (χ3v) is 6.11. The standard InChI is InChI=1S/C20H16N2O5S/c23-12-11-21-28(26,27)18-10-9-17(13-5-1-2-6-14(13)18)22-19(24)15-7-3-4-8-16(15)20(22)25/h1-10,21,23H,11-12H2. The van der Waals surface area contributed by atoms with Crippen LogP contribution < -0.4 is 9.62 Å². The van der Waals surface area contributed by atoms with Crippen molar-refractivity contribution in [1.29, 1.82) is 0 Å². The molecule has 0 aliphatic carbocycles. The van der Waals surface area contributed by atoms with Crippen LogP contribution in [0, 0.1) is 0 Å². The minimum absolute atomic E-state index is 0.0110. The summed E-state index contributed by atoms with van der Waals surface area (Å²) in [4.78, 5) is 26.7. The smallest absolute Gasteiger partial charge is 0.266 e. The van der Waals surface area contributed by atoms with Crippen LogP contribution in [0.25, 0.3) is 10.8 Å². The first kappa shape index (κ1) is 18.3. The molecule has 7 nitrogen and oxygen atoms in total. The van der Waals surface area contributed by atoms with E-state index in [4.69, 9.17) is 5.11 Å². The first-order chi connectivity index (χ1) is 13.5. The maximum atomic E-state index is 12.8. The van der Waals surface area contributed by atoms with Crippen LogP contribution in [0.2, 0.25) is 0 Å². The van der Waals surface area contributed by atoms with Crippen molar-refractivity contribution >= 4 is 38.3 Å². The number of sulfonamides is 1. The first-order valence-electron chi connectivity index (χ1n) is 8.56. The van der Waals surface area contributed by atoms with Crippen molar-refractivity contribution in [2.24, 2.45) is 0 Å². The lowest BCUT2D eigenvalue weighted by molar-refractivity contribution is 0.0926. The average Bonchev–Trinajstić information content (AvgIpc) is 2.96. The van der Waals surface area contributed by atoms with Crippen molar-refractivity contribution < 1.29 is 23.1 Å². The summed E-state index contributed by atoms with van der Waals surface area (Å²) in [5, 5.41) is 9.75. The molecule has 3 aromatic rings. The number of imide groups is 1. The van der Waals surface area contributed by atoms with Gasteiger partial charge in [-0.3, -0.25) is 9.59 Å². The van der Waals surface area contributed by atoms with Gasteiger partial charge in [0.15, 0.2) is 0 Å². The molecule has 1 aliphatic rings. The number of hydrogen-bond acceptors (Lipinski definition) is 5. The Bertz CT molecular complexity index is 1190. The van der Waals surface area contributed by atoms with Crippen molar-refractivity contribution in [2.75, 3.05) is 18.1 Å². The van der Waals surface area contributed by atoms with E-state index < -0.39 is 21.8 Å². The fourth-order valence-electron chi connectivity index (χ4n) is 3.35. The van der Waals surface area contributed by atoms with Crippen molar-refractivity contribution in [3.05, 3.63) is 71.8 Å². The quantitative estimate of drug-likeness (QED) is 0.641. The lowest BCUT2D eigenvalue weighted by Gasteiger charge is -2.18. The SMILES string of the molecule is O=C1c2ccccc2C(=O)N1c1ccc(S(=O)(=O)NCCO)c2ccccc12. The number of fused-ring (bicyclic) bond motifs is 2. The summed E-state index contributed by atoms with van der Waals surface area (Å²) < 4.78 is 27.5. The molecule has 0 saturated carbocycles. The number of nitrogens with one attached hydrogen (secondary N) is 1. The zero-order chi connectivity index (χ0) is 19.9. The van der Waals surface area contributed by atoms with Crippen LogP contribution >= 0.6 is 0 Å². The molecule has 0 atom stereocenters. The minimum Gasteiger partial charge on any atom is -0.395 e. The number of anilines is 1. The normalized spacial score (nSPS) is 14.0.